The SMILES string of the molecule is Cc1cccc2nc(NCC(C)C)nn12. The molecule has 2 aromatic rings. The lowest BCUT2D eigenvalue weighted by Gasteiger charge is -2.03. The van der Waals surface area contributed by atoms with Crippen LogP contribution in [0.15, 0.2) is 18.2 Å². The van der Waals surface area contributed by atoms with Gasteiger partial charge in [-0.1, -0.05) is 19.9 Å². The highest BCUT2D eigenvalue weighted by molar-refractivity contribution is 5.44. The van der Waals surface area contributed by atoms with E-state index >= 15 is 0 Å². The predicted octanol–water partition coefficient (Wildman–Crippen LogP) is 2.11. The van der Waals surface area contributed by atoms with E-state index in [-0.39, 0.29) is 0 Å². The van der Waals surface area contributed by atoms with Gasteiger partial charge >= 0.3 is 0 Å². The highest BCUT2D eigenvalue weighted by Crippen LogP contribution is 2.08. The smallest absolute Gasteiger partial charge is 0.243 e. The fraction of sp³-hybridized carbons (Fsp3) is 0.455. The van der Waals surface area contributed by atoms with Gasteiger partial charge in [-0.15, -0.1) is 5.10 Å². The number of aryl methyl sites for hydroxylation is 1. The highest BCUT2D eigenvalue weighted by atomic mass is 15.3. The van der Waals surface area contributed by atoms with Crippen molar-refractivity contribution in [1.82, 2.24) is 14.6 Å². The number of pyridine rings is 1. The molecule has 15 heavy (non-hydrogen) atoms. The van der Waals surface area contributed by atoms with Gasteiger partial charge in [0.05, 0.1) is 0 Å². The van der Waals surface area contributed by atoms with Crippen LogP contribution in [0.25, 0.3) is 5.65 Å². The molecule has 80 valence electrons. The molecule has 1 N–H and O–H groups in total. The second kappa shape index (κ2) is 3.88. The Kier molecular flexibility index (Phi) is 2.58. The minimum Gasteiger partial charge on any atom is -0.353 e. The summed E-state index contributed by atoms with van der Waals surface area (Å²) in [4.78, 5) is 4.39. The van der Waals surface area contributed by atoms with Crippen LogP contribution in [0.3, 0.4) is 0 Å². The Labute approximate surface area is 89.3 Å². The van der Waals surface area contributed by atoms with Crippen LogP contribution >= 0.6 is 0 Å². The van der Waals surface area contributed by atoms with E-state index in [4.69, 9.17) is 0 Å². The zero-order valence-corrected chi connectivity index (χ0v) is 9.36. The molecule has 0 aliphatic heterocycles. The average molecular weight is 204 g/mol. The van der Waals surface area contributed by atoms with Gasteiger partial charge in [0.1, 0.15) is 0 Å². The lowest BCUT2D eigenvalue weighted by atomic mass is 10.2. The summed E-state index contributed by atoms with van der Waals surface area (Å²) in [7, 11) is 0. The van der Waals surface area contributed by atoms with Crippen molar-refractivity contribution in [3.8, 4) is 0 Å². The van der Waals surface area contributed by atoms with E-state index in [1.807, 2.05) is 29.6 Å². The molecule has 0 aromatic carbocycles. The topological polar surface area (TPSA) is 42.2 Å². The molecular weight excluding hydrogens is 188 g/mol. The predicted molar refractivity (Wildman–Crippen MR) is 61.1 cm³/mol. The van der Waals surface area contributed by atoms with Crippen molar-refractivity contribution < 1.29 is 0 Å². The van der Waals surface area contributed by atoms with Gasteiger partial charge in [0, 0.05) is 12.2 Å². The first-order chi connectivity index (χ1) is 7.16. The van der Waals surface area contributed by atoms with Crippen LogP contribution in [-0.4, -0.2) is 21.1 Å². The molecule has 0 amide bonds. The maximum atomic E-state index is 4.39. The zero-order valence-electron chi connectivity index (χ0n) is 9.36. The summed E-state index contributed by atoms with van der Waals surface area (Å²) in [6.45, 7) is 7.24. The molecule has 0 spiro atoms. The largest absolute Gasteiger partial charge is 0.353 e. The fourth-order valence-corrected chi connectivity index (χ4v) is 1.41. The van der Waals surface area contributed by atoms with Crippen molar-refractivity contribution in [1.29, 1.82) is 0 Å². The fourth-order valence-electron chi connectivity index (χ4n) is 1.41. The molecule has 2 heterocycles. The van der Waals surface area contributed by atoms with Crippen molar-refractivity contribution in [3.63, 3.8) is 0 Å². The van der Waals surface area contributed by atoms with Gasteiger partial charge in [0.2, 0.25) is 5.95 Å². The first-order valence-corrected chi connectivity index (χ1v) is 5.23. The normalized spacial score (nSPS) is 11.2. The molecule has 2 rings (SSSR count). The van der Waals surface area contributed by atoms with Crippen LogP contribution in [0.5, 0.6) is 0 Å². The molecular formula is C11H16N4. The minimum atomic E-state index is 0.595. The molecule has 2 aromatic heterocycles. The van der Waals surface area contributed by atoms with Crippen LogP contribution in [0, 0.1) is 12.8 Å². The Balaban J connectivity index is 2.27. The Morgan fingerprint density at radius 2 is 2.20 bits per heavy atom. The summed E-state index contributed by atoms with van der Waals surface area (Å²) in [5.74, 6) is 1.30. The first-order valence-electron chi connectivity index (χ1n) is 5.23. The molecule has 0 saturated heterocycles. The van der Waals surface area contributed by atoms with Crippen molar-refractivity contribution in [3.05, 3.63) is 23.9 Å². The zero-order chi connectivity index (χ0) is 10.8. The van der Waals surface area contributed by atoms with E-state index < -0.39 is 0 Å². The Bertz CT molecular complexity index is 459. The van der Waals surface area contributed by atoms with Crippen LogP contribution in [-0.2, 0) is 0 Å². The van der Waals surface area contributed by atoms with Gasteiger partial charge in [0.15, 0.2) is 5.65 Å². The Morgan fingerprint density at radius 3 is 2.87 bits per heavy atom. The standard InChI is InChI=1S/C11H16N4/c1-8(2)7-12-11-13-10-6-4-5-9(3)15(10)14-11/h4-6,8H,7H2,1-3H3,(H,12,14). The quantitative estimate of drug-likeness (QED) is 0.832. The summed E-state index contributed by atoms with van der Waals surface area (Å²) < 4.78 is 1.85. The number of nitrogens with one attached hydrogen (secondary N) is 1. The van der Waals surface area contributed by atoms with Crippen LogP contribution in [0.2, 0.25) is 0 Å². The summed E-state index contributed by atoms with van der Waals surface area (Å²) in [6, 6.07) is 5.97. The maximum absolute atomic E-state index is 4.39. The van der Waals surface area contributed by atoms with Crippen LogP contribution < -0.4 is 5.32 Å². The molecule has 0 atom stereocenters. The van der Waals surface area contributed by atoms with E-state index in [0.717, 1.165) is 17.9 Å². The molecule has 0 saturated carbocycles. The van der Waals surface area contributed by atoms with Gasteiger partial charge < -0.3 is 5.32 Å². The summed E-state index contributed by atoms with van der Waals surface area (Å²) >= 11 is 0. The van der Waals surface area contributed by atoms with Crippen molar-refractivity contribution in [2.45, 2.75) is 20.8 Å². The van der Waals surface area contributed by atoms with Crippen molar-refractivity contribution >= 4 is 11.6 Å². The maximum Gasteiger partial charge on any atom is 0.243 e. The summed E-state index contributed by atoms with van der Waals surface area (Å²) in [5, 5.41) is 7.60. The second-order valence-electron chi connectivity index (χ2n) is 4.15. The number of fused-ring (bicyclic) bond motifs is 1. The molecule has 4 nitrogen and oxygen atoms in total. The second-order valence-corrected chi connectivity index (χ2v) is 4.15. The number of hydrogen-bond donors (Lipinski definition) is 1. The number of rotatable bonds is 3. The lowest BCUT2D eigenvalue weighted by molar-refractivity contribution is 0.684. The number of anilines is 1. The van der Waals surface area contributed by atoms with E-state index in [1.54, 1.807) is 0 Å². The van der Waals surface area contributed by atoms with E-state index in [1.165, 1.54) is 0 Å². The van der Waals surface area contributed by atoms with E-state index in [2.05, 4.69) is 29.2 Å². The third-order valence-electron chi connectivity index (χ3n) is 2.22. The van der Waals surface area contributed by atoms with Crippen LogP contribution in [0.1, 0.15) is 19.5 Å². The third-order valence-corrected chi connectivity index (χ3v) is 2.22. The molecule has 0 bridgehead atoms. The average Bonchev–Trinajstić information content (AvgIpc) is 2.59. The van der Waals surface area contributed by atoms with Crippen LogP contribution in [0.4, 0.5) is 5.95 Å². The Hall–Kier alpha value is -1.58. The van der Waals surface area contributed by atoms with Gasteiger partial charge in [-0.3, -0.25) is 0 Å². The summed E-state index contributed by atoms with van der Waals surface area (Å²) in [5.41, 5.74) is 1.99. The molecule has 4 heteroatoms. The van der Waals surface area contributed by atoms with E-state index in [9.17, 15) is 0 Å². The lowest BCUT2D eigenvalue weighted by Crippen LogP contribution is -2.09. The number of nitrogens with zero attached hydrogens (tertiary/aromatic N) is 3. The highest BCUT2D eigenvalue weighted by Gasteiger charge is 2.04. The Morgan fingerprint density at radius 1 is 1.40 bits per heavy atom. The minimum absolute atomic E-state index is 0.595. The van der Waals surface area contributed by atoms with Crippen molar-refractivity contribution in [2.75, 3.05) is 11.9 Å². The van der Waals surface area contributed by atoms with Gasteiger partial charge in [-0.25, -0.2) is 4.52 Å². The van der Waals surface area contributed by atoms with E-state index in [0.29, 0.717) is 11.9 Å². The van der Waals surface area contributed by atoms with Gasteiger partial charge in [0.25, 0.3) is 0 Å². The summed E-state index contributed by atoms with van der Waals surface area (Å²) in [6.07, 6.45) is 0. The molecule has 0 aliphatic rings. The monoisotopic (exact) mass is 204 g/mol. The third kappa shape index (κ3) is 2.09. The number of hydrogen-bond acceptors (Lipinski definition) is 3. The molecule has 0 radical (unpaired) electrons. The van der Waals surface area contributed by atoms with Gasteiger partial charge in [-0.2, -0.15) is 4.98 Å². The molecule has 0 unspecified atom stereocenters. The first kappa shape index (κ1) is 9.96. The van der Waals surface area contributed by atoms with Crippen molar-refractivity contribution in [2.24, 2.45) is 5.92 Å². The molecule has 0 fully saturated rings. The number of aromatic nitrogens is 3. The van der Waals surface area contributed by atoms with Gasteiger partial charge in [-0.05, 0) is 25.0 Å². The molecule has 0 aliphatic carbocycles.